The summed E-state index contributed by atoms with van der Waals surface area (Å²) in [7, 11) is 0. The van der Waals surface area contributed by atoms with Crippen LogP contribution in [0, 0.1) is 0 Å². The van der Waals surface area contributed by atoms with Crippen LogP contribution in [0.25, 0.3) is 0 Å². The fraction of sp³-hybridized carbons (Fsp3) is 0.222. The zero-order valence-electron chi connectivity index (χ0n) is 7.99. The van der Waals surface area contributed by atoms with Gasteiger partial charge in [0.15, 0.2) is 0 Å². The first-order chi connectivity index (χ1) is 6.82. The molecule has 7 heteroatoms. The van der Waals surface area contributed by atoms with Gasteiger partial charge in [-0.15, -0.1) is 12.4 Å². The molecule has 0 radical (unpaired) electrons. The van der Waals surface area contributed by atoms with E-state index in [0.717, 1.165) is 12.1 Å². The summed E-state index contributed by atoms with van der Waals surface area (Å²) >= 11 is 0. The minimum absolute atomic E-state index is 0. The van der Waals surface area contributed by atoms with E-state index in [9.17, 15) is 18.0 Å². The van der Waals surface area contributed by atoms with Crippen LogP contribution in [0.2, 0.25) is 0 Å². The Bertz CT molecular complexity index is 381. The third-order valence-electron chi connectivity index (χ3n) is 1.88. The summed E-state index contributed by atoms with van der Waals surface area (Å²) in [4.78, 5) is 10.7. The molecule has 90 valence electrons. The van der Waals surface area contributed by atoms with E-state index in [0.29, 0.717) is 0 Å². The van der Waals surface area contributed by atoms with Gasteiger partial charge >= 0.3 is 6.18 Å². The van der Waals surface area contributed by atoms with E-state index in [2.05, 4.69) is 0 Å². The minimum Gasteiger partial charge on any atom is -0.368 e. The molecule has 1 atom stereocenters. The molecule has 1 aromatic carbocycles. The fourth-order valence-electron chi connectivity index (χ4n) is 1.07. The number of primary amides is 1. The Morgan fingerprint density at radius 2 is 1.88 bits per heavy atom. The SMILES string of the molecule is Cl.NC(=O)C(N)c1cccc(C(F)(F)F)c1. The lowest BCUT2D eigenvalue weighted by molar-refractivity contribution is -0.137. The van der Waals surface area contributed by atoms with Crippen LogP contribution in [0.4, 0.5) is 13.2 Å². The number of carbonyl (C=O) groups excluding carboxylic acids is 1. The molecule has 0 heterocycles. The van der Waals surface area contributed by atoms with Crippen LogP contribution in [0.1, 0.15) is 17.2 Å². The maximum absolute atomic E-state index is 12.3. The highest BCUT2D eigenvalue weighted by atomic mass is 35.5. The molecule has 16 heavy (non-hydrogen) atoms. The lowest BCUT2D eigenvalue weighted by Gasteiger charge is -2.11. The number of hydrogen-bond donors (Lipinski definition) is 2. The monoisotopic (exact) mass is 254 g/mol. The number of nitrogens with two attached hydrogens (primary N) is 2. The molecule has 0 aromatic heterocycles. The largest absolute Gasteiger partial charge is 0.416 e. The highest BCUT2D eigenvalue weighted by Crippen LogP contribution is 2.30. The van der Waals surface area contributed by atoms with Gasteiger partial charge in [-0.25, -0.2) is 0 Å². The van der Waals surface area contributed by atoms with Gasteiger partial charge in [-0.05, 0) is 17.7 Å². The number of amides is 1. The zero-order valence-corrected chi connectivity index (χ0v) is 8.81. The van der Waals surface area contributed by atoms with Gasteiger partial charge in [0.1, 0.15) is 6.04 Å². The summed E-state index contributed by atoms with van der Waals surface area (Å²) in [5, 5.41) is 0. The van der Waals surface area contributed by atoms with Crippen molar-refractivity contribution in [2.24, 2.45) is 11.5 Å². The summed E-state index contributed by atoms with van der Waals surface area (Å²) < 4.78 is 36.8. The zero-order chi connectivity index (χ0) is 11.6. The van der Waals surface area contributed by atoms with Gasteiger partial charge in [-0.3, -0.25) is 4.79 Å². The third kappa shape index (κ3) is 3.39. The second-order valence-corrected chi connectivity index (χ2v) is 3.00. The molecule has 1 rings (SSSR count). The molecular formula is C9H10ClF3N2O. The van der Waals surface area contributed by atoms with Crippen molar-refractivity contribution < 1.29 is 18.0 Å². The smallest absolute Gasteiger partial charge is 0.368 e. The molecule has 0 aliphatic carbocycles. The molecule has 3 nitrogen and oxygen atoms in total. The third-order valence-corrected chi connectivity index (χ3v) is 1.88. The summed E-state index contributed by atoms with van der Waals surface area (Å²) in [6.45, 7) is 0. The molecule has 0 fully saturated rings. The van der Waals surface area contributed by atoms with Gasteiger partial charge in [0, 0.05) is 0 Å². The molecule has 1 amide bonds. The summed E-state index contributed by atoms with van der Waals surface area (Å²) in [6.07, 6.45) is -4.45. The maximum atomic E-state index is 12.3. The van der Waals surface area contributed by atoms with Crippen molar-refractivity contribution in [1.29, 1.82) is 0 Å². The Labute approximate surface area is 96.0 Å². The number of hydrogen-bond acceptors (Lipinski definition) is 2. The molecule has 1 aromatic rings. The van der Waals surface area contributed by atoms with E-state index in [4.69, 9.17) is 11.5 Å². The predicted molar refractivity (Wildman–Crippen MR) is 54.8 cm³/mol. The van der Waals surface area contributed by atoms with Crippen molar-refractivity contribution in [3.8, 4) is 0 Å². The van der Waals surface area contributed by atoms with Crippen molar-refractivity contribution in [3.05, 3.63) is 35.4 Å². The second kappa shape index (κ2) is 5.18. The van der Waals surface area contributed by atoms with Crippen LogP contribution in [0.3, 0.4) is 0 Å². The van der Waals surface area contributed by atoms with E-state index in [1.807, 2.05) is 0 Å². The molecular weight excluding hydrogens is 245 g/mol. The Hall–Kier alpha value is -1.27. The van der Waals surface area contributed by atoms with Crippen LogP contribution in [0.15, 0.2) is 24.3 Å². The van der Waals surface area contributed by atoms with Crippen molar-refractivity contribution >= 4 is 18.3 Å². The van der Waals surface area contributed by atoms with E-state index >= 15 is 0 Å². The molecule has 4 N–H and O–H groups in total. The highest BCUT2D eigenvalue weighted by molar-refractivity contribution is 5.85. The predicted octanol–water partition coefficient (Wildman–Crippen LogP) is 1.61. The van der Waals surface area contributed by atoms with Gasteiger partial charge in [-0.1, -0.05) is 12.1 Å². The van der Waals surface area contributed by atoms with Gasteiger partial charge in [-0.2, -0.15) is 13.2 Å². The van der Waals surface area contributed by atoms with Gasteiger partial charge in [0.2, 0.25) is 5.91 Å². The lowest BCUT2D eigenvalue weighted by Crippen LogP contribution is -2.28. The first kappa shape index (κ1) is 14.7. The van der Waals surface area contributed by atoms with Crippen LogP contribution in [-0.4, -0.2) is 5.91 Å². The molecule has 1 unspecified atom stereocenters. The first-order valence-electron chi connectivity index (χ1n) is 4.04. The van der Waals surface area contributed by atoms with Crippen molar-refractivity contribution in [2.75, 3.05) is 0 Å². The summed E-state index contributed by atoms with van der Waals surface area (Å²) in [5.41, 5.74) is 9.39. The van der Waals surface area contributed by atoms with Gasteiger partial charge < -0.3 is 11.5 Å². The highest BCUT2D eigenvalue weighted by Gasteiger charge is 2.31. The van der Waals surface area contributed by atoms with E-state index in [1.165, 1.54) is 12.1 Å². The molecule has 0 saturated heterocycles. The van der Waals surface area contributed by atoms with Crippen molar-refractivity contribution in [3.63, 3.8) is 0 Å². The average Bonchev–Trinajstić information content (AvgIpc) is 2.15. The second-order valence-electron chi connectivity index (χ2n) is 3.00. The Morgan fingerprint density at radius 1 is 1.31 bits per heavy atom. The Balaban J connectivity index is 0.00000225. The van der Waals surface area contributed by atoms with Crippen LogP contribution < -0.4 is 11.5 Å². The number of alkyl halides is 3. The van der Waals surface area contributed by atoms with E-state index in [1.54, 1.807) is 0 Å². The summed E-state index contributed by atoms with van der Waals surface area (Å²) in [6, 6.07) is 3.01. The average molecular weight is 255 g/mol. The maximum Gasteiger partial charge on any atom is 0.416 e. The standard InChI is InChI=1S/C9H9F3N2O.ClH/c10-9(11,12)6-3-1-2-5(4-6)7(13)8(14)15;/h1-4,7H,13H2,(H2,14,15);1H. The van der Waals surface area contributed by atoms with Crippen molar-refractivity contribution in [1.82, 2.24) is 0 Å². The number of halogens is 4. The molecule has 0 aliphatic rings. The first-order valence-corrected chi connectivity index (χ1v) is 4.04. The minimum atomic E-state index is -4.45. The quantitative estimate of drug-likeness (QED) is 0.842. The Kier molecular flexibility index (Phi) is 4.77. The van der Waals surface area contributed by atoms with Gasteiger partial charge in [0.25, 0.3) is 0 Å². The molecule has 0 aliphatic heterocycles. The van der Waals surface area contributed by atoms with Crippen LogP contribution in [0.5, 0.6) is 0 Å². The normalized spacial score (nSPS) is 12.8. The van der Waals surface area contributed by atoms with Gasteiger partial charge in [0.05, 0.1) is 5.56 Å². The lowest BCUT2D eigenvalue weighted by atomic mass is 10.0. The van der Waals surface area contributed by atoms with Crippen LogP contribution >= 0.6 is 12.4 Å². The fourth-order valence-corrected chi connectivity index (χ4v) is 1.07. The number of benzene rings is 1. The Morgan fingerprint density at radius 3 is 2.31 bits per heavy atom. The molecule has 0 saturated carbocycles. The molecule has 0 bridgehead atoms. The summed E-state index contributed by atoms with van der Waals surface area (Å²) in [5.74, 6) is -0.866. The van der Waals surface area contributed by atoms with E-state index in [-0.39, 0.29) is 18.0 Å². The number of carbonyl (C=O) groups is 1. The molecule has 0 spiro atoms. The van der Waals surface area contributed by atoms with Crippen LogP contribution in [-0.2, 0) is 11.0 Å². The van der Waals surface area contributed by atoms with Crippen molar-refractivity contribution in [2.45, 2.75) is 12.2 Å². The van der Waals surface area contributed by atoms with E-state index < -0.39 is 23.7 Å². The topological polar surface area (TPSA) is 69.1 Å². The number of rotatable bonds is 2.